The van der Waals surface area contributed by atoms with E-state index in [9.17, 15) is 14.4 Å². The van der Waals surface area contributed by atoms with Gasteiger partial charge in [-0.05, 0) is 25.7 Å². The molecule has 0 aliphatic rings. The Morgan fingerprint density at radius 2 is 1.20 bits per heavy atom. The van der Waals surface area contributed by atoms with Gasteiger partial charge in [0.25, 0.3) is 0 Å². The van der Waals surface area contributed by atoms with E-state index in [-0.39, 0.29) is 25.2 Å². The Labute approximate surface area is 151 Å². The molecule has 0 bridgehead atoms. The van der Waals surface area contributed by atoms with Gasteiger partial charge in [0.1, 0.15) is 0 Å². The molecule has 0 amide bonds. The molecule has 0 heterocycles. The summed E-state index contributed by atoms with van der Waals surface area (Å²) in [4.78, 5) is 35.8. The zero-order valence-corrected chi connectivity index (χ0v) is 16.0. The lowest BCUT2D eigenvalue weighted by molar-refractivity contribution is -0.156. The number of rotatable bonds is 15. The second kappa shape index (κ2) is 15.9. The van der Waals surface area contributed by atoms with Gasteiger partial charge in [-0.15, -0.1) is 0 Å². The minimum atomic E-state index is -0.662. The van der Waals surface area contributed by atoms with Crippen molar-refractivity contribution in [3.05, 3.63) is 0 Å². The first kappa shape index (κ1) is 23.4. The van der Waals surface area contributed by atoms with Crippen LogP contribution in [0.25, 0.3) is 0 Å². The van der Waals surface area contributed by atoms with Crippen LogP contribution in [0.5, 0.6) is 0 Å². The first-order chi connectivity index (χ1) is 12.0. The van der Waals surface area contributed by atoms with Gasteiger partial charge in [-0.2, -0.15) is 0 Å². The van der Waals surface area contributed by atoms with Crippen LogP contribution in [0.3, 0.4) is 0 Å². The second-order valence-corrected chi connectivity index (χ2v) is 6.11. The molecule has 0 spiro atoms. The molecule has 0 aromatic carbocycles. The average Bonchev–Trinajstić information content (AvgIpc) is 2.59. The minimum Gasteiger partial charge on any atom is -0.466 e. The maximum atomic E-state index is 12.2. The third-order valence-electron chi connectivity index (χ3n) is 3.71. The van der Waals surface area contributed by atoms with E-state index in [2.05, 4.69) is 0 Å². The highest BCUT2D eigenvalue weighted by Gasteiger charge is 2.25. The Morgan fingerprint density at radius 3 is 1.72 bits per heavy atom. The molecule has 0 aliphatic carbocycles. The fourth-order valence-electron chi connectivity index (χ4n) is 2.02. The molecule has 6 heteroatoms. The highest BCUT2D eigenvalue weighted by Crippen LogP contribution is 2.16. The zero-order chi connectivity index (χ0) is 18.9. The maximum Gasteiger partial charge on any atom is 0.309 e. The third kappa shape index (κ3) is 13.4. The molecule has 25 heavy (non-hydrogen) atoms. The molecule has 6 nitrogen and oxygen atoms in total. The summed E-state index contributed by atoms with van der Waals surface area (Å²) in [5.74, 6) is -1.88. The van der Waals surface area contributed by atoms with Gasteiger partial charge in [0.2, 0.25) is 0 Å². The van der Waals surface area contributed by atoms with Crippen molar-refractivity contribution < 1.29 is 28.6 Å². The van der Waals surface area contributed by atoms with Gasteiger partial charge in [-0.3, -0.25) is 14.4 Å². The van der Waals surface area contributed by atoms with Gasteiger partial charge in [0, 0.05) is 6.42 Å². The summed E-state index contributed by atoms with van der Waals surface area (Å²) in [5.41, 5.74) is 0. The Bertz CT molecular complexity index is 380. The van der Waals surface area contributed by atoms with Crippen molar-refractivity contribution in [1.29, 1.82) is 0 Å². The minimum absolute atomic E-state index is 0.0586. The molecule has 0 saturated heterocycles. The molecule has 0 unspecified atom stereocenters. The molecule has 0 saturated carbocycles. The highest BCUT2D eigenvalue weighted by molar-refractivity contribution is 5.80. The third-order valence-corrected chi connectivity index (χ3v) is 3.71. The predicted octanol–water partition coefficient (Wildman–Crippen LogP) is 3.80. The molecular formula is C19H34O6. The number of unbranched alkanes of at least 4 members (excludes halogenated alkanes) is 3. The molecule has 0 aliphatic heterocycles. The van der Waals surface area contributed by atoms with E-state index < -0.39 is 17.9 Å². The molecule has 146 valence electrons. The van der Waals surface area contributed by atoms with Crippen molar-refractivity contribution in [2.45, 2.75) is 78.6 Å². The Morgan fingerprint density at radius 1 is 0.720 bits per heavy atom. The average molecular weight is 358 g/mol. The summed E-state index contributed by atoms with van der Waals surface area (Å²) in [5, 5.41) is 0. The number of esters is 3. The predicted molar refractivity (Wildman–Crippen MR) is 94.9 cm³/mol. The monoisotopic (exact) mass is 358 g/mol. The van der Waals surface area contributed by atoms with E-state index in [0.717, 1.165) is 38.5 Å². The Hall–Kier alpha value is -1.59. The van der Waals surface area contributed by atoms with Crippen LogP contribution in [0.1, 0.15) is 78.6 Å². The number of carbonyl (C=O) groups is 3. The topological polar surface area (TPSA) is 78.9 Å². The van der Waals surface area contributed by atoms with Crippen LogP contribution < -0.4 is 0 Å². The lowest BCUT2D eigenvalue weighted by atomic mass is 9.99. The summed E-state index contributed by atoms with van der Waals surface area (Å²) < 4.78 is 15.4. The molecule has 0 rings (SSSR count). The number of carbonyl (C=O) groups excluding carboxylic acids is 3. The van der Waals surface area contributed by atoms with E-state index in [1.165, 1.54) is 0 Å². The van der Waals surface area contributed by atoms with Crippen molar-refractivity contribution in [2.24, 2.45) is 5.92 Å². The van der Waals surface area contributed by atoms with Gasteiger partial charge in [0.15, 0.2) is 0 Å². The van der Waals surface area contributed by atoms with E-state index in [1.54, 1.807) is 0 Å². The SMILES string of the molecule is CCCCOC(=O)CC[C@@H](CC(=O)OCCCC)C(=O)OCCCC. The maximum absolute atomic E-state index is 12.2. The summed E-state index contributed by atoms with van der Waals surface area (Å²) in [6.07, 6.45) is 5.45. The van der Waals surface area contributed by atoms with Crippen molar-refractivity contribution in [2.75, 3.05) is 19.8 Å². The van der Waals surface area contributed by atoms with Gasteiger partial charge in [-0.1, -0.05) is 40.0 Å². The van der Waals surface area contributed by atoms with Crippen LogP contribution >= 0.6 is 0 Å². The normalized spacial score (nSPS) is 11.6. The van der Waals surface area contributed by atoms with Crippen molar-refractivity contribution in [3.63, 3.8) is 0 Å². The fraction of sp³-hybridized carbons (Fsp3) is 0.842. The van der Waals surface area contributed by atoms with Crippen LogP contribution in [-0.2, 0) is 28.6 Å². The van der Waals surface area contributed by atoms with Crippen LogP contribution in [0.2, 0.25) is 0 Å². The molecule has 0 aromatic heterocycles. The van der Waals surface area contributed by atoms with Crippen molar-refractivity contribution >= 4 is 17.9 Å². The standard InChI is InChI=1S/C19H34O6/c1-4-7-12-23-17(20)11-10-16(19(22)25-14-9-6-3)15-18(21)24-13-8-5-2/h16H,4-15H2,1-3H3/t16-/m0/s1. The highest BCUT2D eigenvalue weighted by atomic mass is 16.5. The molecule has 0 fully saturated rings. The lowest BCUT2D eigenvalue weighted by Gasteiger charge is -2.15. The first-order valence-electron chi connectivity index (χ1n) is 9.52. The van der Waals surface area contributed by atoms with Gasteiger partial charge >= 0.3 is 17.9 Å². The zero-order valence-electron chi connectivity index (χ0n) is 16.0. The van der Waals surface area contributed by atoms with Crippen molar-refractivity contribution in [3.8, 4) is 0 Å². The Kier molecular flexibility index (Phi) is 14.9. The van der Waals surface area contributed by atoms with Crippen LogP contribution in [0.15, 0.2) is 0 Å². The van der Waals surface area contributed by atoms with Crippen LogP contribution in [0, 0.1) is 5.92 Å². The largest absolute Gasteiger partial charge is 0.466 e. The number of ether oxygens (including phenoxy) is 3. The molecule has 0 aromatic rings. The smallest absolute Gasteiger partial charge is 0.309 e. The van der Waals surface area contributed by atoms with Crippen LogP contribution in [-0.4, -0.2) is 37.7 Å². The Balaban J connectivity index is 4.42. The van der Waals surface area contributed by atoms with Gasteiger partial charge in [-0.25, -0.2) is 0 Å². The number of hydrogen-bond acceptors (Lipinski definition) is 6. The fourth-order valence-corrected chi connectivity index (χ4v) is 2.02. The quantitative estimate of drug-likeness (QED) is 0.252. The lowest BCUT2D eigenvalue weighted by Crippen LogP contribution is -2.24. The summed E-state index contributed by atoms with van der Waals surface area (Å²) in [6, 6.07) is 0. The molecule has 1 atom stereocenters. The summed E-state index contributed by atoms with van der Waals surface area (Å²) in [7, 11) is 0. The summed E-state index contributed by atoms with van der Waals surface area (Å²) in [6.45, 7) is 7.10. The van der Waals surface area contributed by atoms with E-state index in [1.807, 2.05) is 20.8 Å². The van der Waals surface area contributed by atoms with E-state index >= 15 is 0 Å². The second-order valence-electron chi connectivity index (χ2n) is 6.11. The molecular weight excluding hydrogens is 324 g/mol. The van der Waals surface area contributed by atoms with E-state index in [0.29, 0.717) is 19.8 Å². The molecule has 0 N–H and O–H groups in total. The van der Waals surface area contributed by atoms with Crippen molar-refractivity contribution in [1.82, 2.24) is 0 Å². The number of hydrogen-bond donors (Lipinski definition) is 0. The summed E-state index contributed by atoms with van der Waals surface area (Å²) >= 11 is 0. The van der Waals surface area contributed by atoms with Gasteiger partial charge < -0.3 is 14.2 Å². The van der Waals surface area contributed by atoms with E-state index in [4.69, 9.17) is 14.2 Å². The van der Waals surface area contributed by atoms with Crippen LogP contribution in [0.4, 0.5) is 0 Å². The van der Waals surface area contributed by atoms with Gasteiger partial charge in [0.05, 0.1) is 32.2 Å². The first-order valence-corrected chi connectivity index (χ1v) is 9.52. The molecule has 0 radical (unpaired) electrons.